The zero-order valence-corrected chi connectivity index (χ0v) is 13.0. The first-order valence-electron chi connectivity index (χ1n) is 6.58. The Morgan fingerprint density at radius 2 is 2.05 bits per heavy atom. The van der Waals surface area contributed by atoms with E-state index in [9.17, 15) is 4.79 Å². The summed E-state index contributed by atoms with van der Waals surface area (Å²) in [6.07, 6.45) is 2.14. The molecule has 0 spiro atoms. The highest BCUT2D eigenvalue weighted by molar-refractivity contribution is 7.14. The van der Waals surface area contributed by atoms with E-state index in [1.807, 2.05) is 42.6 Å². The first-order chi connectivity index (χ1) is 9.72. The molecule has 3 nitrogen and oxygen atoms in total. The van der Waals surface area contributed by atoms with Crippen LogP contribution in [0.5, 0.6) is 0 Å². The van der Waals surface area contributed by atoms with Gasteiger partial charge in [-0.3, -0.25) is 9.69 Å². The van der Waals surface area contributed by atoms with Crippen LogP contribution in [0.15, 0.2) is 35.7 Å². The van der Waals surface area contributed by atoms with Gasteiger partial charge in [0.15, 0.2) is 5.13 Å². The van der Waals surface area contributed by atoms with Crippen molar-refractivity contribution in [3.8, 4) is 0 Å². The second-order valence-corrected chi connectivity index (χ2v) is 5.70. The van der Waals surface area contributed by atoms with Crippen LogP contribution in [-0.2, 0) is 4.79 Å². The number of carbonyl (C=O) groups excluding carboxylic acids is 1. The number of nitrogens with zero attached hydrogens (tertiary/aromatic N) is 2. The predicted molar refractivity (Wildman–Crippen MR) is 85.0 cm³/mol. The standard InChI is InChI=1S/C15H17ClN2OS/c1-12-11-20-15(17-12)18(13-7-3-2-4-8-13)14(19)9-5-6-10-16/h2-4,7-8,11H,5-6,9-10H2,1H3. The van der Waals surface area contributed by atoms with Gasteiger partial charge in [-0.2, -0.15) is 0 Å². The van der Waals surface area contributed by atoms with Gasteiger partial charge in [0, 0.05) is 17.7 Å². The van der Waals surface area contributed by atoms with Crippen LogP contribution in [0.2, 0.25) is 0 Å². The van der Waals surface area contributed by atoms with Gasteiger partial charge >= 0.3 is 0 Å². The van der Waals surface area contributed by atoms with E-state index in [1.54, 1.807) is 4.90 Å². The molecule has 106 valence electrons. The SMILES string of the molecule is Cc1csc(N(C(=O)CCCCCl)c2ccccc2)n1. The summed E-state index contributed by atoms with van der Waals surface area (Å²) >= 11 is 7.15. The van der Waals surface area contributed by atoms with Gasteiger partial charge < -0.3 is 0 Å². The molecule has 0 radical (unpaired) electrons. The summed E-state index contributed by atoms with van der Waals surface area (Å²) in [5.74, 6) is 0.658. The minimum Gasteiger partial charge on any atom is -0.274 e. The Morgan fingerprint density at radius 3 is 2.65 bits per heavy atom. The summed E-state index contributed by atoms with van der Waals surface area (Å²) in [7, 11) is 0. The fourth-order valence-corrected chi connectivity index (χ4v) is 2.89. The molecule has 1 aromatic carbocycles. The molecular formula is C15H17ClN2OS. The molecule has 1 amide bonds. The smallest absolute Gasteiger partial charge is 0.233 e. The van der Waals surface area contributed by atoms with Crippen LogP contribution in [0.1, 0.15) is 25.0 Å². The summed E-state index contributed by atoms with van der Waals surface area (Å²) in [5, 5.41) is 2.68. The van der Waals surface area contributed by atoms with Crippen molar-refractivity contribution >= 4 is 39.7 Å². The molecule has 0 fully saturated rings. The Hall–Kier alpha value is -1.39. The molecule has 1 aromatic heterocycles. The van der Waals surface area contributed by atoms with E-state index >= 15 is 0 Å². The topological polar surface area (TPSA) is 33.2 Å². The quantitative estimate of drug-likeness (QED) is 0.580. The number of unbranched alkanes of at least 4 members (excludes halogenated alkanes) is 1. The first-order valence-corrected chi connectivity index (χ1v) is 8.00. The number of benzene rings is 1. The van der Waals surface area contributed by atoms with Gasteiger partial charge in [0.05, 0.1) is 11.4 Å². The number of alkyl halides is 1. The van der Waals surface area contributed by atoms with Gasteiger partial charge in [-0.05, 0) is 31.9 Å². The van der Waals surface area contributed by atoms with Gasteiger partial charge in [0.1, 0.15) is 0 Å². The van der Waals surface area contributed by atoms with Crippen LogP contribution in [0.25, 0.3) is 0 Å². The third kappa shape index (κ3) is 3.81. The number of para-hydroxylation sites is 1. The van der Waals surface area contributed by atoms with E-state index < -0.39 is 0 Å². The summed E-state index contributed by atoms with van der Waals surface area (Å²) in [5.41, 5.74) is 1.79. The lowest BCUT2D eigenvalue weighted by Crippen LogP contribution is -2.25. The van der Waals surface area contributed by atoms with E-state index in [0.29, 0.717) is 12.3 Å². The summed E-state index contributed by atoms with van der Waals surface area (Å²) in [6.45, 7) is 1.93. The Bertz CT molecular complexity index is 556. The van der Waals surface area contributed by atoms with Crippen molar-refractivity contribution in [2.24, 2.45) is 0 Å². The number of hydrogen-bond donors (Lipinski definition) is 0. The fourth-order valence-electron chi connectivity index (χ4n) is 1.86. The van der Waals surface area contributed by atoms with Gasteiger partial charge in [-0.1, -0.05) is 18.2 Å². The number of hydrogen-bond acceptors (Lipinski definition) is 3. The monoisotopic (exact) mass is 308 g/mol. The van der Waals surface area contributed by atoms with Gasteiger partial charge in [-0.25, -0.2) is 4.98 Å². The number of aryl methyl sites for hydroxylation is 1. The summed E-state index contributed by atoms with van der Waals surface area (Å²) < 4.78 is 0. The van der Waals surface area contributed by atoms with Gasteiger partial charge in [0.25, 0.3) is 0 Å². The van der Waals surface area contributed by atoms with Crippen molar-refractivity contribution in [3.63, 3.8) is 0 Å². The lowest BCUT2D eigenvalue weighted by atomic mass is 10.2. The highest BCUT2D eigenvalue weighted by Gasteiger charge is 2.20. The Kier molecular flexibility index (Phi) is 5.56. The maximum Gasteiger partial charge on any atom is 0.233 e. The molecule has 0 bridgehead atoms. The van der Waals surface area contributed by atoms with E-state index in [4.69, 9.17) is 11.6 Å². The normalized spacial score (nSPS) is 10.5. The van der Waals surface area contributed by atoms with Crippen LogP contribution >= 0.6 is 22.9 Å². The zero-order valence-electron chi connectivity index (χ0n) is 11.4. The van der Waals surface area contributed by atoms with Crippen molar-refractivity contribution < 1.29 is 4.79 Å². The number of carbonyl (C=O) groups is 1. The Labute approximate surface area is 128 Å². The fraction of sp³-hybridized carbons (Fsp3) is 0.333. The Balaban J connectivity index is 2.23. The summed E-state index contributed by atoms with van der Waals surface area (Å²) in [4.78, 5) is 18.6. The Morgan fingerprint density at radius 1 is 1.30 bits per heavy atom. The molecule has 0 saturated heterocycles. The molecule has 20 heavy (non-hydrogen) atoms. The second kappa shape index (κ2) is 7.41. The van der Waals surface area contributed by atoms with Crippen molar-refractivity contribution in [1.82, 2.24) is 4.98 Å². The maximum absolute atomic E-state index is 12.5. The van der Waals surface area contributed by atoms with E-state index in [0.717, 1.165) is 29.4 Å². The van der Waals surface area contributed by atoms with Crippen molar-refractivity contribution in [1.29, 1.82) is 0 Å². The molecule has 2 aromatic rings. The number of halogens is 1. The van der Waals surface area contributed by atoms with E-state index in [1.165, 1.54) is 11.3 Å². The molecule has 0 aliphatic rings. The number of thiazole rings is 1. The highest BCUT2D eigenvalue weighted by Crippen LogP contribution is 2.29. The molecular weight excluding hydrogens is 292 g/mol. The highest BCUT2D eigenvalue weighted by atomic mass is 35.5. The molecule has 2 rings (SSSR count). The molecule has 0 N–H and O–H groups in total. The number of rotatable bonds is 6. The molecule has 0 atom stereocenters. The second-order valence-electron chi connectivity index (χ2n) is 4.48. The average Bonchev–Trinajstić information content (AvgIpc) is 2.87. The zero-order chi connectivity index (χ0) is 14.4. The molecule has 0 saturated carbocycles. The van der Waals surface area contributed by atoms with Crippen molar-refractivity contribution in [3.05, 3.63) is 41.4 Å². The van der Waals surface area contributed by atoms with Crippen LogP contribution in [0, 0.1) is 6.92 Å². The lowest BCUT2D eigenvalue weighted by Gasteiger charge is -2.20. The van der Waals surface area contributed by atoms with E-state index in [-0.39, 0.29) is 5.91 Å². The maximum atomic E-state index is 12.5. The number of anilines is 2. The van der Waals surface area contributed by atoms with Crippen molar-refractivity contribution in [2.45, 2.75) is 26.2 Å². The third-order valence-corrected chi connectivity index (χ3v) is 4.05. The van der Waals surface area contributed by atoms with Crippen molar-refractivity contribution in [2.75, 3.05) is 10.8 Å². The molecule has 0 unspecified atom stereocenters. The summed E-state index contributed by atoms with van der Waals surface area (Å²) in [6, 6.07) is 9.64. The minimum atomic E-state index is 0.0654. The van der Waals surface area contributed by atoms with Gasteiger partial charge in [0.2, 0.25) is 5.91 Å². The van der Waals surface area contributed by atoms with Crippen LogP contribution in [0.3, 0.4) is 0 Å². The molecule has 0 aliphatic carbocycles. The first kappa shape index (κ1) is 15.0. The number of aromatic nitrogens is 1. The minimum absolute atomic E-state index is 0.0654. The van der Waals surface area contributed by atoms with E-state index in [2.05, 4.69) is 4.98 Å². The molecule has 0 aliphatic heterocycles. The third-order valence-electron chi connectivity index (χ3n) is 2.84. The lowest BCUT2D eigenvalue weighted by molar-refractivity contribution is -0.118. The average molecular weight is 309 g/mol. The van der Waals surface area contributed by atoms with Crippen LogP contribution < -0.4 is 4.90 Å². The van der Waals surface area contributed by atoms with Crippen LogP contribution in [-0.4, -0.2) is 16.8 Å². The predicted octanol–water partition coefficient (Wildman–Crippen LogP) is 4.53. The van der Waals surface area contributed by atoms with Crippen LogP contribution in [0.4, 0.5) is 10.8 Å². The van der Waals surface area contributed by atoms with Gasteiger partial charge in [-0.15, -0.1) is 22.9 Å². The molecule has 5 heteroatoms. The molecule has 1 heterocycles. The number of amides is 1. The largest absolute Gasteiger partial charge is 0.274 e.